The van der Waals surface area contributed by atoms with Gasteiger partial charge in [0.2, 0.25) is 0 Å². The Morgan fingerprint density at radius 1 is 1.46 bits per heavy atom. The molecule has 1 heterocycles. The molecule has 1 aliphatic heterocycles. The molecule has 0 radical (unpaired) electrons. The maximum atomic E-state index is 12.3. The minimum atomic E-state index is -0.761. The van der Waals surface area contributed by atoms with Crippen LogP contribution in [0.5, 0.6) is 5.75 Å². The number of phenols is 1. The van der Waals surface area contributed by atoms with Gasteiger partial charge in [0, 0.05) is 6.07 Å². The molecule has 1 fully saturated rings. The molecular weight excluding hydrogens is 364 g/mol. The average Bonchev–Trinajstić information content (AvgIpc) is 2.83. The summed E-state index contributed by atoms with van der Waals surface area (Å²) in [5.74, 6) is -1.88. The van der Waals surface area contributed by atoms with Crippen molar-refractivity contribution in [3.63, 3.8) is 0 Å². The lowest BCUT2D eigenvalue weighted by Crippen LogP contribution is -2.35. The Kier molecular flexibility index (Phi) is 5.98. The number of hydrogen-bond acceptors (Lipinski definition) is 8. The Labute approximate surface area is 152 Å². The van der Waals surface area contributed by atoms with Crippen LogP contribution >= 0.6 is 11.8 Å². The molecule has 1 saturated heterocycles. The highest BCUT2D eigenvalue weighted by Crippen LogP contribution is 2.34. The maximum absolute atomic E-state index is 12.3. The van der Waals surface area contributed by atoms with Crippen molar-refractivity contribution in [2.75, 3.05) is 6.54 Å². The molecule has 0 unspecified atom stereocenters. The van der Waals surface area contributed by atoms with E-state index in [0.29, 0.717) is 18.2 Å². The van der Waals surface area contributed by atoms with E-state index in [4.69, 9.17) is 4.74 Å². The molecule has 0 saturated carbocycles. The topological polar surface area (TPSA) is 127 Å². The van der Waals surface area contributed by atoms with Gasteiger partial charge in [0.25, 0.3) is 11.1 Å². The molecular formula is C16H16N2O7S. The molecule has 0 aliphatic carbocycles. The van der Waals surface area contributed by atoms with Crippen LogP contribution in [0.1, 0.15) is 25.8 Å². The van der Waals surface area contributed by atoms with E-state index in [1.54, 1.807) is 6.92 Å². The van der Waals surface area contributed by atoms with Gasteiger partial charge in [0.15, 0.2) is 5.75 Å². The maximum Gasteiger partial charge on any atom is 0.326 e. The summed E-state index contributed by atoms with van der Waals surface area (Å²) in [4.78, 5) is 47.0. The molecule has 2 amide bonds. The molecule has 1 N–H and O–H groups in total. The number of rotatable bonds is 6. The zero-order chi connectivity index (χ0) is 19.4. The SMILES string of the molecule is CC[C@H](C)OC(=O)CN1C(=O)S/C(=C/c2ccc(O)c([N+](=O)[O-])c2)C1=O. The van der Waals surface area contributed by atoms with Crippen LogP contribution in [0.3, 0.4) is 0 Å². The first-order chi connectivity index (χ1) is 12.2. The number of imide groups is 1. The zero-order valence-corrected chi connectivity index (χ0v) is 14.8. The number of aromatic hydroxyl groups is 1. The zero-order valence-electron chi connectivity index (χ0n) is 14.0. The van der Waals surface area contributed by atoms with Gasteiger partial charge in [-0.2, -0.15) is 0 Å². The summed E-state index contributed by atoms with van der Waals surface area (Å²) >= 11 is 0.620. The van der Waals surface area contributed by atoms with Gasteiger partial charge < -0.3 is 9.84 Å². The van der Waals surface area contributed by atoms with Crippen molar-refractivity contribution in [1.82, 2.24) is 4.90 Å². The first kappa shape index (κ1) is 19.4. The summed E-state index contributed by atoms with van der Waals surface area (Å²) in [5, 5.41) is 19.7. The Bertz CT molecular complexity index is 806. The van der Waals surface area contributed by atoms with Crippen LogP contribution in [0.4, 0.5) is 10.5 Å². The number of benzene rings is 1. The second kappa shape index (κ2) is 8.00. The molecule has 1 aliphatic rings. The van der Waals surface area contributed by atoms with E-state index in [9.17, 15) is 29.6 Å². The van der Waals surface area contributed by atoms with Gasteiger partial charge in [-0.25, -0.2) is 0 Å². The minimum Gasteiger partial charge on any atom is -0.502 e. The Hall–Kier alpha value is -2.88. The molecule has 1 aromatic rings. The molecule has 0 bridgehead atoms. The molecule has 1 aromatic carbocycles. The Balaban J connectivity index is 2.18. The third-order valence-electron chi connectivity index (χ3n) is 3.56. The van der Waals surface area contributed by atoms with Crippen molar-refractivity contribution in [3.8, 4) is 5.75 Å². The largest absolute Gasteiger partial charge is 0.502 e. The van der Waals surface area contributed by atoms with E-state index >= 15 is 0 Å². The molecule has 2 rings (SSSR count). The van der Waals surface area contributed by atoms with E-state index < -0.39 is 40.0 Å². The molecule has 10 heteroatoms. The fourth-order valence-corrected chi connectivity index (χ4v) is 2.88. The quantitative estimate of drug-likeness (QED) is 0.345. The fourth-order valence-electron chi connectivity index (χ4n) is 2.04. The summed E-state index contributed by atoms with van der Waals surface area (Å²) in [6, 6.07) is 3.58. The van der Waals surface area contributed by atoms with Gasteiger partial charge in [-0.1, -0.05) is 13.0 Å². The minimum absolute atomic E-state index is 0.0197. The summed E-state index contributed by atoms with van der Waals surface area (Å²) in [6.45, 7) is 3.03. The second-order valence-electron chi connectivity index (χ2n) is 5.48. The summed E-state index contributed by atoms with van der Waals surface area (Å²) in [7, 11) is 0. The first-order valence-corrected chi connectivity index (χ1v) is 8.46. The van der Waals surface area contributed by atoms with Gasteiger partial charge in [0.1, 0.15) is 6.54 Å². The fraction of sp³-hybridized carbons (Fsp3) is 0.312. The summed E-state index contributed by atoms with van der Waals surface area (Å²) in [5.41, 5.74) is -0.253. The van der Waals surface area contributed by atoms with Gasteiger partial charge in [0.05, 0.1) is 15.9 Å². The number of nitro benzene ring substituents is 1. The van der Waals surface area contributed by atoms with Gasteiger partial charge in [-0.05, 0) is 42.8 Å². The number of phenolic OH excluding ortho intramolecular Hbond substituents is 1. The van der Waals surface area contributed by atoms with E-state index in [2.05, 4.69) is 0 Å². The van der Waals surface area contributed by atoms with Crippen molar-refractivity contribution in [1.29, 1.82) is 0 Å². The highest BCUT2D eigenvalue weighted by atomic mass is 32.2. The normalized spacial score (nSPS) is 16.8. The molecule has 26 heavy (non-hydrogen) atoms. The lowest BCUT2D eigenvalue weighted by molar-refractivity contribution is -0.385. The monoisotopic (exact) mass is 380 g/mol. The number of esters is 1. The van der Waals surface area contributed by atoms with Crippen LogP contribution < -0.4 is 0 Å². The molecule has 9 nitrogen and oxygen atoms in total. The van der Waals surface area contributed by atoms with Crippen LogP contribution in [0.25, 0.3) is 6.08 Å². The molecule has 138 valence electrons. The van der Waals surface area contributed by atoms with Crippen LogP contribution in [-0.2, 0) is 14.3 Å². The molecule has 0 spiro atoms. The number of thioether (sulfide) groups is 1. The first-order valence-electron chi connectivity index (χ1n) is 7.65. The van der Waals surface area contributed by atoms with E-state index in [1.807, 2.05) is 6.92 Å². The number of nitro groups is 1. The average molecular weight is 380 g/mol. The third kappa shape index (κ3) is 4.39. The summed E-state index contributed by atoms with van der Waals surface area (Å²) in [6.07, 6.45) is 1.57. The van der Waals surface area contributed by atoms with Crippen molar-refractivity contribution < 1.29 is 29.2 Å². The van der Waals surface area contributed by atoms with E-state index in [0.717, 1.165) is 17.0 Å². The molecule has 0 aromatic heterocycles. The highest BCUT2D eigenvalue weighted by Gasteiger charge is 2.37. The van der Waals surface area contributed by atoms with Gasteiger partial charge >= 0.3 is 11.7 Å². The van der Waals surface area contributed by atoms with Gasteiger partial charge in [-0.15, -0.1) is 0 Å². The third-order valence-corrected chi connectivity index (χ3v) is 4.47. The smallest absolute Gasteiger partial charge is 0.326 e. The second-order valence-corrected chi connectivity index (χ2v) is 6.48. The predicted molar refractivity (Wildman–Crippen MR) is 93.3 cm³/mol. The number of carbonyl (C=O) groups excluding carboxylic acids is 3. The van der Waals surface area contributed by atoms with Crippen LogP contribution in [0, 0.1) is 10.1 Å². The summed E-state index contributed by atoms with van der Waals surface area (Å²) < 4.78 is 5.05. The number of ether oxygens (including phenoxy) is 1. The number of carbonyl (C=O) groups is 3. The van der Waals surface area contributed by atoms with Crippen LogP contribution in [-0.4, -0.2) is 44.7 Å². The lowest BCUT2D eigenvalue weighted by Gasteiger charge is -2.14. The lowest BCUT2D eigenvalue weighted by atomic mass is 10.1. The highest BCUT2D eigenvalue weighted by molar-refractivity contribution is 8.18. The van der Waals surface area contributed by atoms with Crippen molar-refractivity contribution in [3.05, 3.63) is 38.8 Å². The number of hydrogen-bond donors (Lipinski definition) is 1. The van der Waals surface area contributed by atoms with Crippen molar-refractivity contribution >= 4 is 40.6 Å². The Morgan fingerprint density at radius 3 is 2.77 bits per heavy atom. The van der Waals surface area contributed by atoms with Crippen molar-refractivity contribution in [2.45, 2.75) is 26.4 Å². The van der Waals surface area contributed by atoms with E-state index in [-0.39, 0.29) is 16.6 Å². The van der Waals surface area contributed by atoms with Gasteiger partial charge in [-0.3, -0.25) is 29.4 Å². The number of amides is 2. The standard InChI is InChI=1S/C16H16N2O7S/c1-3-9(2)25-14(20)8-17-15(21)13(26-16(17)22)7-10-4-5-12(19)11(6-10)18(23)24/h4-7,9,19H,3,8H2,1-2H3/b13-7+/t9-/m0/s1. The number of nitrogens with zero attached hydrogens (tertiary/aromatic N) is 2. The molecule has 1 atom stereocenters. The van der Waals surface area contributed by atoms with Crippen LogP contribution in [0.15, 0.2) is 23.1 Å². The Morgan fingerprint density at radius 2 is 2.15 bits per heavy atom. The predicted octanol–water partition coefficient (Wildman–Crippen LogP) is 2.68. The van der Waals surface area contributed by atoms with Crippen molar-refractivity contribution in [2.24, 2.45) is 0 Å². The van der Waals surface area contributed by atoms with E-state index in [1.165, 1.54) is 12.1 Å². The van der Waals surface area contributed by atoms with Crippen LogP contribution in [0.2, 0.25) is 0 Å².